The Kier molecular flexibility index (Phi) is 8.50. The zero-order chi connectivity index (χ0) is 23.8. The van der Waals surface area contributed by atoms with Crippen molar-refractivity contribution < 1.29 is 4.79 Å². The lowest BCUT2D eigenvalue weighted by molar-refractivity contribution is 0.0951. The number of piperidine rings is 1. The smallest absolute Gasteiger partial charge is 0.251 e. The summed E-state index contributed by atoms with van der Waals surface area (Å²) >= 11 is 0. The Hall–Kier alpha value is -2.96. The van der Waals surface area contributed by atoms with Gasteiger partial charge in [-0.1, -0.05) is 30.3 Å². The number of carbonyl (C=O) groups is 1. The maximum atomic E-state index is 12.4. The van der Waals surface area contributed by atoms with Crippen LogP contribution >= 0.6 is 0 Å². The number of pyridine rings is 1. The molecule has 3 N–H and O–H groups in total. The van der Waals surface area contributed by atoms with Crippen molar-refractivity contribution in [1.29, 1.82) is 0 Å². The van der Waals surface area contributed by atoms with Crippen molar-refractivity contribution in [2.45, 2.75) is 25.7 Å². The molecule has 1 aromatic heterocycles. The molecule has 180 valence electrons. The maximum Gasteiger partial charge on any atom is 0.251 e. The lowest BCUT2D eigenvalue weighted by atomic mass is 9.95. The van der Waals surface area contributed by atoms with Gasteiger partial charge in [0.1, 0.15) is 0 Å². The van der Waals surface area contributed by atoms with Crippen molar-refractivity contribution in [2.75, 3.05) is 52.1 Å². The van der Waals surface area contributed by atoms with Crippen LogP contribution in [-0.2, 0) is 0 Å². The number of anilines is 1. The van der Waals surface area contributed by atoms with Crippen LogP contribution in [0.2, 0.25) is 0 Å². The number of likely N-dealkylation sites (N-methyl/N-ethyl adjacent to an activating group) is 1. The molecule has 2 aromatic carbocycles. The topological polar surface area (TPSA) is 69.3 Å². The second kappa shape index (κ2) is 12.0. The minimum atomic E-state index is -0.0459. The highest BCUT2D eigenvalue weighted by Crippen LogP contribution is 2.29. The van der Waals surface area contributed by atoms with Crippen LogP contribution in [0.5, 0.6) is 0 Å². The number of hydrogen-bond acceptors (Lipinski definition) is 5. The molecule has 1 saturated heterocycles. The minimum Gasteiger partial charge on any atom is -0.384 e. The van der Waals surface area contributed by atoms with Gasteiger partial charge in [-0.15, -0.1) is 0 Å². The van der Waals surface area contributed by atoms with Crippen molar-refractivity contribution in [3.05, 3.63) is 60.2 Å². The average Bonchev–Trinajstić information content (AvgIpc) is 2.87. The quantitative estimate of drug-likeness (QED) is 0.393. The third-order valence-corrected chi connectivity index (χ3v) is 6.51. The summed E-state index contributed by atoms with van der Waals surface area (Å²) in [5, 5.41) is 11.3. The van der Waals surface area contributed by atoms with Crippen molar-refractivity contribution in [1.82, 2.24) is 20.5 Å². The fourth-order valence-electron chi connectivity index (χ4n) is 4.54. The Morgan fingerprint density at radius 2 is 1.94 bits per heavy atom. The van der Waals surface area contributed by atoms with E-state index in [2.05, 4.69) is 40.2 Å². The van der Waals surface area contributed by atoms with Crippen LogP contribution < -0.4 is 16.0 Å². The molecule has 0 spiro atoms. The van der Waals surface area contributed by atoms with E-state index >= 15 is 0 Å². The van der Waals surface area contributed by atoms with Crippen LogP contribution in [0.4, 0.5) is 5.69 Å². The average molecular weight is 460 g/mol. The monoisotopic (exact) mass is 459 g/mol. The van der Waals surface area contributed by atoms with Gasteiger partial charge in [0.25, 0.3) is 5.91 Å². The normalized spacial score (nSPS) is 16.0. The number of para-hydroxylation sites is 1. The van der Waals surface area contributed by atoms with Crippen molar-refractivity contribution >= 4 is 22.5 Å². The Balaban J connectivity index is 1.44. The molecule has 1 aliphatic rings. The molecular weight excluding hydrogens is 422 g/mol. The standard InChI is InChI=1S/C28H37N5O/c1-33(2)18-17-31-28(34)23-13-11-22(12-14-23)26-19-27(24-9-3-4-10-25(24)32-26)30-16-6-8-21-7-5-15-29-20-21/h3-4,9-14,19,21,29H,5-8,15-18,20H2,1-2H3,(H,30,32)(H,31,34). The Bertz CT molecular complexity index is 1070. The maximum absolute atomic E-state index is 12.4. The van der Waals surface area contributed by atoms with Crippen LogP contribution in [0.1, 0.15) is 36.0 Å². The lowest BCUT2D eigenvalue weighted by Crippen LogP contribution is -2.31. The number of hydrogen-bond donors (Lipinski definition) is 3. The van der Waals surface area contributed by atoms with Gasteiger partial charge in [0.2, 0.25) is 0 Å². The third kappa shape index (κ3) is 6.55. The van der Waals surface area contributed by atoms with Gasteiger partial charge in [-0.3, -0.25) is 4.79 Å². The van der Waals surface area contributed by atoms with Gasteiger partial charge >= 0.3 is 0 Å². The largest absolute Gasteiger partial charge is 0.384 e. The van der Waals surface area contributed by atoms with Gasteiger partial charge in [-0.25, -0.2) is 4.98 Å². The molecule has 1 unspecified atom stereocenters. The number of rotatable bonds is 10. The number of benzene rings is 2. The zero-order valence-corrected chi connectivity index (χ0v) is 20.4. The first kappa shape index (κ1) is 24.2. The molecule has 0 radical (unpaired) electrons. The lowest BCUT2D eigenvalue weighted by Gasteiger charge is -2.22. The first-order chi connectivity index (χ1) is 16.6. The van der Waals surface area contributed by atoms with Gasteiger partial charge in [0.05, 0.1) is 11.2 Å². The van der Waals surface area contributed by atoms with Crippen LogP contribution in [0.3, 0.4) is 0 Å². The molecule has 1 atom stereocenters. The predicted octanol–water partition coefficient (Wildman–Crippen LogP) is 4.38. The summed E-state index contributed by atoms with van der Waals surface area (Å²) in [6, 6.07) is 18.1. The second-order valence-corrected chi connectivity index (χ2v) is 9.49. The molecular formula is C28H37N5O. The first-order valence-electron chi connectivity index (χ1n) is 12.5. The number of fused-ring (bicyclic) bond motifs is 1. The number of amides is 1. The number of nitrogens with zero attached hydrogens (tertiary/aromatic N) is 2. The molecule has 3 aromatic rings. The molecule has 2 heterocycles. The fourth-order valence-corrected chi connectivity index (χ4v) is 4.54. The molecule has 4 rings (SSSR count). The molecule has 6 heteroatoms. The van der Waals surface area contributed by atoms with Crippen LogP contribution in [0.25, 0.3) is 22.2 Å². The minimum absolute atomic E-state index is 0.0459. The summed E-state index contributed by atoms with van der Waals surface area (Å²) in [5.74, 6) is 0.759. The zero-order valence-electron chi connectivity index (χ0n) is 20.4. The van der Waals surface area contributed by atoms with Crippen LogP contribution in [0.15, 0.2) is 54.6 Å². The van der Waals surface area contributed by atoms with Gasteiger partial charge in [-0.05, 0) is 83.1 Å². The van der Waals surface area contributed by atoms with Crippen LogP contribution in [-0.4, -0.2) is 62.6 Å². The van der Waals surface area contributed by atoms with E-state index in [-0.39, 0.29) is 5.91 Å². The van der Waals surface area contributed by atoms with Crippen LogP contribution in [0, 0.1) is 5.92 Å². The van der Waals surface area contributed by atoms with E-state index in [0.717, 1.165) is 59.8 Å². The molecule has 1 aliphatic heterocycles. The first-order valence-corrected chi connectivity index (χ1v) is 12.5. The summed E-state index contributed by atoms with van der Waals surface area (Å²) in [7, 11) is 3.99. The molecule has 0 aliphatic carbocycles. The van der Waals surface area contributed by atoms with E-state index in [4.69, 9.17) is 4.98 Å². The summed E-state index contributed by atoms with van der Waals surface area (Å²) in [5.41, 5.74) is 4.68. The predicted molar refractivity (Wildman–Crippen MR) is 141 cm³/mol. The van der Waals surface area contributed by atoms with Crippen molar-refractivity contribution in [3.63, 3.8) is 0 Å². The van der Waals surface area contributed by atoms with Gasteiger partial charge in [0.15, 0.2) is 0 Å². The highest BCUT2D eigenvalue weighted by molar-refractivity contribution is 5.96. The van der Waals surface area contributed by atoms with E-state index in [0.29, 0.717) is 12.1 Å². The molecule has 0 saturated carbocycles. The Morgan fingerprint density at radius 1 is 1.12 bits per heavy atom. The summed E-state index contributed by atoms with van der Waals surface area (Å²) in [6.07, 6.45) is 5.07. The van der Waals surface area contributed by atoms with Gasteiger partial charge in [-0.2, -0.15) is 0 Å². The summed E-state index contributed by atoms with van der Waals surface area (Å²) in [6.45, 7) is 4.73. The highest BCUT2D eigenvalue weighted by atomic mass is 16.1. The summed E-state index contributed by atoms with van der Waals surface area (Å²) < 4.78 is 0. The number of carbonyl (C=O) groups excluding carboxylic acids is 1. The fraction of sp³-hybridized carbons (Fsp3) is 0.429. The summed E-state index contributed by atoms with van der Waals surface area (Å²) in [4.78, 5) is 19.4. The molecule has 6 nitrogen and oxygen atoms in total. The molecule has 34 heavy (non-hydrogen) atoms. The SMILES string of the molecule is CN(C)CCNC(=O)c1ccc(-c2cc(NCCCC3CCCNC3)c3ccccc3n2)cc1. The van der Waals surface area contributed by atoms with E-state index in [1.165, 1.54) is 25.8 Å². The molecule has 1 amide bonds. The highest BCUT2D eigenvalue weighted by Gasteiger charge is 2.13. The van der Waals surface area contributed by atoms with E-state index in [1.807, 2.05) is 49.3 Å². The number of nitrogens with one attached hydrogen (secondary N) is 3. The van der Waals surface area contributed by atoms with Crippen molar-refractivity contribution in [2.24, 2.45) is 5.92 Å². The van der Waals surface area contributed by atoms with E-state index in [1.54, 1.807) is 0 Å². The van der Waals surface area contributed by atoms with E-state index < -0.39 is 0 Å². The second-order valence-electron chi connectivity index (χ2n) is 9.49. The third-order valence-electron chi connectivity index (χ3n) is 6.51. The van der Waals surface area contributed by atoms with Gasteiger partial charge in [0, 0.05) is 41.8 Å². The van der Waals surface area contributed by atoms with Gasteiger partial charge < -0.3 is 20.9 Å². The van der Waals surface area contributed by atoms with E-state index in [9.17, 15) is 4.79 Å². The Labute approximate surface area is 203 Å². The Morgan fingerprint density at radius 3 is 2.71 bits per heavy atom. The molecule has 0 bridgehead atoms. The van der Waals surface area contributed by atoms with Crippen molar-refractivity contribution in [3.8, 4) is 11.3 Å². The molecule has 1 fully saturated rings. The number of aromatic nitrogens is 1.